The molecule has 2 heteroatoms. The van der Waals surface area contributed by atoms with Gasteiger partial charge in [0.25, 0.3) is 0 Å². The Morgan fingerprint density at radius 1 is 1.00 bits per heavy atom. The molecule has 0 spiro atoms. The molecule has 0 saturated carbocycles. The van der Waals surface area contributed by atoms with Gasteiger partial charge in [-0.15, -0.1) is 0 Å². The highest BCUT2D eigenvalue weighted by Gasteiger charge is 2.55. The van der Waals surface area contributed by atoms with Crippen LogP contribution in [0, 0.1) is 5.92 Å². The van der Waals surface area contributed by atoms with Crippen LogP contribution in [0.5, 0.6) is 0 Å². The van der Waals surface area contributed by atoms with E-state index >= 15 is 0 Å². The second-order valence-electron chi connectivity index (χ2n) is 5.06. The van der Waals surface area contributed by atoms with E-state index in [-0.39, 0.29) is 0 Å². The van der Waals surface area contributed by atoms with Crippen molar-refractivity contribution in [2.45, 2.75) is 44.7 Å². The first-order chi connectivity index (χ1) is 7.71. The van der Waals surface area contributed by atoms with E-state index in [1.54, 1.807) is 0 Å². The third-order valence-corrected chi connectivity index (χ3v) is 3.70. The van der Waals surface area contributed by atoms with E-state index in [1.807, 2.05) is 6.07 Å². The third-order valence-electron chi connectivity index (χ3n) is 3.70. The molecule has 0 aromatic heterocycles. The first kappa shape index (κ1) is 10.3. The van der Waals surface area contributed by atoms with Gasteiger partial charge in [-0.2, -0.15) is 0 Å². The second-order valence-corrected chi connectivity index (χ2v) is 5.06. The van der Waals surface area contributed by atoms with Crippen molar-refractivity contribution in [3.63, 3.8) is 0 Å². The Balaban J connectivity index is 2.01. The second kappa shape index (κ2) is 3.57. The fourth-order valence-corrected chi connectivity index (χ4v) is 3.16. The number of rotatable bonds is 1. The monoisotopic (exact) mass is 218 g/mol. The van der Waals surface area contributed by atoms with E-state index in [0.29, 0.717) is 18.1 Å². The molecule has 0 bridgehead atoms. The lowest BCUT2D eigenvalue weighted by Crippen LogP contribution is -2.31. The Hall–Kier alpha value is -0.860. The smallest absolute Gasteiger partial charge is 0.198 e. The van der Waals surface area contributed by atoms with E-state index in [0.717, 1.165) is 12.8 Å². The highest BCUT2D eigenvalue weighted by molar-refractivity contribution is 5.24. The topological polar surface area (TPSA) is 18.5 Å². The van der Waals surface area contributed by atoms with Crippen LogP contribution in [-0.4, -0.2) is 12.2 Å². The Kier molecular flexibility index (Phi) is 2.30. The molecule has 2 nitrogen and oxygen atoms in total. The Morgan fingerprint density at radius 2 is 1.56 bits per heavy atom. The van der Waals surface area contributed by atoms with Crippen LogP contribution in [0.15, 0.2) is 30.3 Å². The normalized spacial score (nSPS) is 42.2. The van der Waals surface area contributed by atoms with Crippen molar-refractivity contribution >= 4 is 0 Å². The fourth-order valence-electron chi connectivity index (χ4n) is 3.16. The lowest BCUT2D eigenvalue weighted by atomic mass is 9.89. The SMILES string of the molecule is C[C@@H]1CC2C[C@H](C)OC2(c2ccccc2)O1. The van der Waals surface area contributed by atoms with Gasteiger partial charge in [0.1, 0.15) is 0 Å². The Bertz CT molecular complexity index is 360. The molecular weight excluding hydrogens is 200 g/mol. The van der Waals surface area contributed by atoms with Crippen LogP contribution < -0.4 is 0 Å². The minimum Gasteiger partial charge on any atom is -0.343 e. The van der Waals surface area contributed by atoms with Crippen molar-refractivity contribution in [1.82, 2.24) is 0 Å². The van der Waals surface area contributed by atoms with E-state index in [4.69, 9.17) is 9.47 Å². The van der Waals surface area contributed by atoms with Gasteiger partial charge >= 0.3 is 0 Å². The molecule has 0 aliphatic carbocycles. The molecule has 2 aliphatic heterocycles. The third kappa shape index (κ3) is 1.40. The van der Waals surface area contributed by atoms with Gasteiger partial charge in [0.15, 0.2) is 5.79 Å². The summed E-state index contributed by atoms with van der Waals surface area (Å²) in [6.07, 6.45) is 2.83. The largest absolute Gasteiger partial charge is 0.343 e. The quantitative estimate of drug-likeness (QED) is 0.721. The van der Waals surface area contributed by atoms with Crippen molar-refractivity contribution in [1.29, 1.82) is 0 Å². The predicted octanol–water partition coefficient (Wildman–Crippen LogP) is 3.07. The zero-order chi connectivity index (χ0) is 11.2. The van der Waals surface area contributed by atoms with Crippen LogP contribution in [-0.2, 0) is 15.3 Å². The van der Waals surface area contributed by atoms with Crippen molar-refractivity contribution in [2.75, 3.05) is 0 Å². The fraction of sp³-hybridized carbons (Fsp3) is 0.571. The zero-order valence-corrected chi connectivity index (χ0v) is 9.85. The first-order valence-corrected chi connectivity index (χ1v) is 6.12. The number of hydrogen-bond acceptors (Lipinski definition) is 2. The van der Waals surface area contributed by atoms with Crippen LogP contribution in [0.2, 0.25) is 0 Å². The van der Waals surface area contributed by atoms with Crippen molar-refractivity contribution in [3.8, 4) is 0 Å². The van der Waals surface area contributed by atoms with Crippen LogP contribution >= 0.6 is 0 Å². The van der Waals surface area contributed by atoms with Gasteiger partial charge in [0.2, 0.25) is 0 Å². The van der Waals surface area contributed by atoms with E-state index < -0.39 is 5.79 Å². The predicted molar refractivity (Wildman–Crippen MR) is 61.9 cm³/mol. The average molecular weight is 218 g/mol. The molecule has 1 aromatic rings. The number of hydrogen-bond donors (Lipinski definition) is 0. The maximum atomic E-state index is 6.11. The number of benzene rings is 1. The Morgan fingerprint density at radius 3 is 2.12 bits per heavy atom. The molecule has 3 rings (SSSR count). The summed E-state index contributed by atoms with van der Waals surface area (Å²) in [4.78, 5) is 0. The summed E-state index contributed by atoms with van der Waals surface area (Å²) >= 11 is 0. The van der Waals surface area contributed by atoms with Crippen molar-refractivity contribution in [3.05, 3.63) is 35.9 Å². The first-order valence-electron chi connectivity index (χ1n) is 6.12. The van der Waals surface area contributed by atoms with Crippen LogP contribution in [0.4, 0.5) is 0 Å². The molecule has 0 radical (unpaired) electrons. The minimum atomic E-state index is -0.458. The molecule has 2 unspecified atom stereocenters. The molecule has 2 saturated heterocycles. The summed E-state index contributed by atoms with van der Waals surface area (Å²) in [7, 11) is 0. The van der Waals surface area contributed by atoms with Gasteiger partial charge in [0.05, 0.1) is 12.2 Å². The van der Waals surface area contributed by atoms with Crippen LogP contribution in [0.3, 0.4) is 0 Å². The standard InChI is InChI=1S/C14H18O2/c1-10-8-13-9-11(2)16-14(13,15-10)12-6-4-3-5-7-12/h3-7,10-11,13H,8-9H2,1-2H3/t10-,11+,13?,14?. The Labute approximate surface area is 96.6 Å². The van der Waals surface area contributed by atoms with Gasteiger partial charge in [-0.25, -0.2) is 0 Å². The van der Waals surface area contributed by atoms with E-state index in [1.165, 1.54) is 5.56 Å². The molecule has 16 heavy (non-hydrogen) atoms. The molecule has 0 amide bonds. The number of fused-ring (bicyclic) bond motifs is 1. The molecule has 1 aromatic carbocycles. The lowest BCUT2D eigenvalue weighted by Gasteiger charge is -2.29. The molecule has 86 valence electrons. The lowest BCUT2D eigenvalue weighted by molar-refractivity contribution is -0.234. The summed E-state index contributed by atoms with van der Waals surface area (Å²) < 4.78 is 12.2. The number of ether oxygens (including phenoxy) is 2. The molecule has 4 atom stereocenters. The summed E-state index contributed by atoms with van der Waals surface area (Å²) in [5.41, 5.74) is 1.17. The molecule has 2 fully saturated rings. The van der Waals surface area contributed by atoms with Crippen LogP contribution in [0.25, 0.3) is 0 Å². The summed E-state index contributed by atoms with van der Waals surface area (Å²) in [6.45, 7) is 4.27. The van der Waals surface area contributed by atoms with Gasteiger partial charge in [-0.3, -0.25) is 0 Å². The summed E-state index contributed by atoms with van der Waals surface area (Å²) in [5.74, 6) is 0.0556. The summed E-state index contributed by atoms with van der Waals surface area (Å²) in [6, 6.07) is 10.4. The van der Waals surface area contributed by atoms with E-state index in [2.05, 4.69) is 38.1 Å². The molecule has 2 aliphatic rings. The summed E-state index contributed by atoms with van der Waals surface area (Å²) in [5, 5.41) is 0. The zero-order valence-electron chi connectivity index (χ0n) is 9.85. The highest BCUT2D eigenvalue weighted by atomic mass is 16.7. The van der Waals surface area contributed by atoms with Gasteiger partial charge in [-0.05, 0) is 26.7 Å². The minimum absolute atomic E-state index is 0.303. The molecule has 0 N–H and O–H groups in total. The molecule has 2 heterocycles. The van der Waals surface area contributed by atoms with Gasteiger partial charge in [-0.1, -0.05) is 30.3 Å². The van der Waals surface area contributed by atoms with E-state index in [9.17, 15) is 0 Å². The van der Waals surface area contributed by atoms with Gasteiger partial charge in [0, 0.05) is 11.5 Å². The van der Waals surface area contributed by atoms with Crippen LogP contribution in [0.1, 0.15) is 32.3 Å². The highest BCUT2D eigenvalue weighted by Crippen LogP contribution is 2.52. The maximum Gasteiger partial charge on any atom is 0.198 e. The maximum absolute atomic E-state index is 6.11. The van der Waals surface area contributed by atoms with Crippen molar-refractivity contribution in [2.24, 2.45) is 5.92 Å². The van der Waals surface area contributed by atoms with Crippen molar-refractivity contribution < 1.29 is 9.47 Å². The average Bonchev–Trinajstić information content (AvgIpc) is 2.71. The van der Waals surface area contributed by atoms with Gasteiger partial charge < -0.3 is 9.47 Å². The molecular formula is C14H18O2.